The first-order valence-corrected chi connectivity index (χ1v) is 8.86. The lowest BCUT2D eigenvalue weighted by Crippen LogP contribution is -2.39. The number of nitrogens with one attached hydrogen (secondary N) is 1. The molecule has 1 aromatic carbocycles. The molecule has 25 heavy (non-hydrogen) atoms. The van der Waals surface area contributed by atoms with Crippen LogP contribution in [0.1, 0.15) is 35.6 Å². The number of aromatic nitrogens is 2. The first-order chi connectivity index (χ1) is 12.2. The number of carbonyl (C=O) groups is 1. The molecule has 2 aliphatic rings. The molecule has 1 amide bonds. The molecule has 1 aliphatic carbocycles. The quantitative estimate of drug-likeness (QED) is 0.931. The van der Waals surface area contributed by atoms with Gasteiger partial charge in [-0.05, 0) is 37.3 Å². The fourth-order valence-corrected chi connectivity index (χ4v) is 3.66. The minimum Gasteiger partial charge on any atom is -0.376 e. The van der Waals surface area contributed by atoms with E-state index in [0.29, 0.717) is 19.8 Å². The Labute approximate surface area is 147 Å². The maximum absolute atomic E-state index is 12.5. The number of aryl methyl sites for hydroxylation is 2. The van der Waals surface area contributed by atoms with Gasteiger partial charge in [0, 0.05) is 5.56 Å². The number of hydrogen-bond acceptors (Lipinski definition) is 4. The molecule has 1 saturated heterocycles. The Kier molecular flexibility index (Phi) is 4.55. The van der Waals surface area contributed by atoms with Gasteiger partial charge in [0.25, 0.3) is 5.91 Å². The third-order valence-electron chi connectivity index (χ3n) is 4.96. The predicted octanol–water partition coefficient (Wildman–Crippen LogP) is 2.47. The molecule has 1 fully saturated rings. The molecule has 0 saturated carbocycles. The zero-order chi connectivity index (χ0) is 17.2. The van der Waals surface area contributed by atoms with Gasteiger partial charge in [0.2, 0.25) is 0 Å². The molecule has 1 N–H and O–H groups in total. The Balaban J connectivity index is 1.61. The lowest BCUT2D eigenvalue weighted by molar-refractivity contribution is -0.142. The summed E-state index contributed by atoms with van der Waals surface area (Å²) in [7, 11) is 0. The second-order valence-corrected chi connectivity index (χ2v) is 6.65. The van der Waals surface area contributed by atoms with Gasteiger partial charge < -0.3 is 14.8 Å². The number of nitrogens with zero attached hydrogens (tertiary/aromatic N) is 2. The average molecular weight is 341 g/mol. The van der Waals surface area contributed by atoms with Crippen molar-refractivity contribution in [2.75, 3.05) is 25.1 Å². The molecule has 1 aromatic heterocycles. The monoisotopic (exact) mass is 341 g/mol. The van der Waals surface area contributed by atoms with Crippen molar-refractivity contribution in [3.63, 3.8) is 0 Å². The number of rotatable bonds is 3. The van der Waals surface area contributed by atoms with Gasteiger partial charge in [-0.25, -0.2) is 4.68 Å². The Morgan fingerprint density at radius 3 is 3.04 bits per heavy atom. The van der Waals surface area contributed by atoms with Crippen LogP contribution in [-0.2, 0) is 20.7 Å². The van der Waals surface area contributed by atoms with E-state index < -0.39 is 6.10 Å². The number of anilines is 1. The Morgan fingerprint density at radius 1 is 1.32 bits per heavy atom. The van der Waals surface area contributed by atoms with Gasteiger partial charge in [0.1, 0.15) is 5.82 Å². The van der Waals surface area contributed by atoms with Crippen LogP contribution in [0.3, 0.4) is 0 Å². The van der Waals surface area contributed by atoms with E-state index in [0.717, 1.165) is 30.6 Å². The van der Waals surface area contributed by atoms with Crippen molar-refractivity contribution in [2.45, 2.75) is 38.3 Å². The summed E-state index contributed by atoms with van der Waals surface area (Å²) in [4.78, 5) is 12.5. The van der Waals surface area contributed by atoms with E-state index in [9.17, 15) is 4.79 Å². The molecular formula is C19H23N3O3. The number of ether oxygens (including phenoxy) is 2. The summed E-state index contributed by atoms with van der Waals surface area (Å²) in [6.45, 7) is 3.25. The Morgan fingerprint density at radius 2 is 2.20 bits per heavy atom. The smallest absolute Gasteiger partial charge is 0.257 e. The highest BCUT2D eigenvalue weighted by Gasteiger charge is 2.28. The molecule has 2 aromatic rings. The topological polar surface area (TPSA) is 65.4 Å². The molecule has 6 nitrogen and oxygen atoms in total. The van der Waals surface area contributed by atoms with Crippen LogP contribution in [0.2, 0.25) is 0 Å². The highest BCUT2D eigenvalue weighted by Crippen LogP contribution is 2.35. The number of fused-ring (bicyclic) bond motifs is 1. The van der Waals surface area contributed by atoms with Gasteiger partial charge >= 0.3 is 0 Å². The zero-order valence-corrected chi connectivity index (χ0v) is 14.4. The van der Waals surface area contributed by atoms with Crippen molar-refractivity contribution in [2.24, 2.45) is 0 Å². The van der Waals surface area contributed by atoms with Gasteiger partial charge in [0.05, 0.1) is 32.1 Å². The summed E-state index contributed by atoms with van der Waals surface area (Å²) < 4.78 is 12.8. The van der Waals surface area contributed by atoms with Gasteiger partial charge in [-0.1, -0.05) is 24.3 Å². The molecule has 0 spiro atoms. The fourth-order valence-electron chi connectivity index (χ4n) is 3.66. The summed E-state index contributed by atoms with van der Waals surface area (Å²) in [6, 6.07) is 8.65. The number of carbonyl (C=O) groups excluding carboxylic acids is 1. The third-order valence-corrected chi connectivity index (χ3v) is 4.96. The van der Waals surface area contributed by atoms with Crippen LogP contribution in [0.15, 0.2) is 30.5 Å². The number of hydrogen-bond donors (Lipinski definition) is 1. The minimum absolute atomic E-state index is 0.150. The van der Waals surface area contributed by atoms with Crippen LogP contribution in [0.25, 0.3) is 0 Å². The number of benzene rings is 1. The van der Waals surface area contributed by atoms with Crippen molar-refractivity contribution in [1.82, 2.24) is 9.78 Å². The molecule has 1 aliphatic heterocycles. The van der Waals surface area contributed by atoms with Crippen LogP contribution >= 0.6 is 0 Å². The summed E-state index contributed by atoms with van der Waals surface area (Å²) in [5.41, 5.74) is 3.62. The van der Waals surface area contributed by atoms with Gasteiger partial charge in [-0.3, -0.25) is 4.79 Å². The van der Waals surface area contributed by atoms with Crippen molar-refractivity contribution in [3.8, 4) is 0 Å². The summed E-state index contributed by atoms with van der Waals surface area (Å²) >= 11 is 0. The van der Waals surface area contributed by atoms with Crippen molar-refractivity contribution < 1.29 is 14.3 Å². The lowest BCUT2D eigenvalue weighted by atomic mass is 9.88. The highest BCUT2D eigenvalue weighted by atomic mass is 16.6. The SMILES string of the molecule is Cc1cnn([C@@H]2CCCc3ccccc32)c1NC(=O)[C@@H]1COCCO1. The Hall–Kier alpha value is -2.18. The van der Waals surface area contributed by atoms with Crippen molar-refractivity contribution in [1.29, 1.82) is 0 Å². The maximum atomic E-state index is 12.5. The molecule has 6 heteroatoms. The lowest BCUT2D eigenvalue weighted by Gasteiger charge is -2.28. The van der Waals surface area contributed by atoms with E-state index in [4.69, 9.17) is 9.47 Å². The molecule has 2 heterocycles. The molecule has 2 atom stereocenters. The molecule has 4 rings (SSSR count). The van der Waals surface area contributed by atoms with Crippen LogP contribution < -0.4 is 5.32 Å². The minimum atomic E-state index is -0.560. The fraction of sp³-hybridized carbons (Fsp3) is 0.474. The van der Waals surface area contributed by atoms with Crippen molar-refractivity contribution in [3.05, 3.63) is 47.2 Å². The summed E-state index contributed by atoms with van der Waals surface area (Å²) in [5, 5.41) is 7.58. The highest BCUT2D eigenvalue weighted by molar-refractivity contribution is 5.94. The largest absolute Gasteiger partial charge is 0.376 e. The summed E-state index contributed by atoms with van der Waals surface area (Å²) in [6.07, 6.45) is 4.49. The van der Waals surface area contributed by atoms with Crippen molar-refractivity contribution >= 4 is 11.7 Å². The van der Waals surface area contributed by atoms with E-state index in [1.165, 1.54) is 11.1 Å². The van der Waals surface area contributed by atoms with Crippen LogP contribution in [0.5, 0.6) is 0 Å². The van der Waals surface area contributed by atoms with E-state index in [-0.39, 0.29) is 11.9 Å². The first-order valence-electron chi connectivity index (χ1n) is 8.86. The van der Waals surface area contributed by atoms with Gasteiger partial charge in [0.15, 0.2) is 6.10 Å². The molecule has 132 valence electrons. The first kappa shape index (κ1) is 16.3. The predicted molar refractivity (Wildman–Crippen MR) is 93.7 cm³/mol. The normalized spacial score (nSPS) is 23.1. The Bertz CT molecular complexity index is 765. The van der Waals surface area contributed by atoms with E-state index in [1.54, 1.807) is 0 Å². The molecular weight excluding hydrogens is 318 g/mol. The summed E-state index contributed by atoms with van der Waals surface area (Å²) in [5.74, 6) is 0.578. The molecule has 0 radical (unpaired) electrons. The molecule has 0 unspecified atom stereocenters. The molecule has 0 bridgehead atoms. The van der Waals surface area contributed by atoms with Crippen LogP contribution in [0.4, 0.5) is 5.82 Å². The van der Waals surface area contributed by atoms with E-state index in [1.807, 2.05) is 17.8 Å². The van der Waals surface area contributed by atoms with E-state index >= 15 is 0 Å². The second kappa shape index (κ2) is 6.98. The standard InChI is InChI=1S/C19H23N3O3/c1-13-11-20-22(16-8-4-6-14-5-2-3-7-15(14)16)18(13)21-19(23)17-12-24-9-10-25-17/h2-3,5,7,11,16-17H,4,6,8-10,12H2,1H3,(H,21,23)/t16-,17+/m1/s1. The van der Waals surface area contributed by atoms with E-state index in [2.05, 4.69) is 34.7 Å². The second-order valence-electron chi connectivity index (χ2n) is 6.65. The average Bonchev–Trinajstić information content (AvgIpc) is 3.02. The van der Waals surface area contributed by atoms with Gasteiger partial charge in [-0.2, -0.15) is 5.10 Å². The zero-order valence-electron chi connectivity index (χ0n) is 14.4. The number of amides is 1. The van der Waals surface area contributed by atoms with Crippen LogP contribution in [0, 0.1) is 6.92 Å². The maximum Gasteiger partial charge on any atom is 0.257 e. The van der Waals surface area contributed by atoms with Gasteiger partial charge in [-0.15, -0.1) is 0 Å². The van der Waals surface area contributed by atoms with Crippen LogP contribution in [-0.4, -0.2) is 41.6 Å². The third kappa shape index (κ3) is 3.19.